The van der Waals surface area contributed by atoms with Crippen LogP contribution in [0.2, 0.25) is 12.6 Å². The first-order valence-electron chi connectivity index (χ1n) is 5.17. The van der Waals surface area contributed by atoms with Crippen molar-refractivity contribution in [1.82, 2.24) is 0 Å². The van der Waals surface area contributed by atoms with Crippen LogP contribution < -0.4 is 0 Å². The quantitative estimate of drug-likeness (QED) is 0.534. The SMILES string of the molecule is CC(C)(C)[As](C(C)(C)C)C(C)(C)C. The fourth-order valence-corrected chi connectivity index (χ4v) is 15.7. The van der Waals surface area contributed by atoms with Crippen LogP contribution in [-0.4, -0.2) is 14.7 Å². The van der Waals surface area contributed by atoms with Crippen molar-refractivity contribution in [3.63, 3.8) is 0 Å². The first-order valence-corrected chi connectivity index (χ1v) is 7.99. The van der Waals surface area contributed by atoms with Gasteiger partial charge in [0.1, 0.15) is 0 Å². The van der Waals surface area contributed by atoms with E-state index in [-0.39, 0.29) is 0 Å². The molecule has 0 bridgehead atoms. The molecule has 0 radical (unpaired) electrons. The third-order valence-corrected chi connectivity index (χ3v) is 10.5. The van der Waals surface area contributed by atoms with E-state index in [4.69, 9.17) is 0 Å². The molecule has 0 aromatic carbocycles. The fraction of sp³-hybridized carbons (Fsp3) is 1.00. The van der Waals surface area contributed by atoms with Crippen LogP contribution in [0.15, 0.2) is 0 Å². The Kier molecular flexibility index (Phi) is 3.77. The first-order chi connectivity index (χ1) is 5.37. The summed E-state index contributed by atoms with van der Waals surface area (Å²) in [6.45, 7) is 21.8. The molecule has 0 aliphatic carbocycles. The Morgan fingerprint density at radius 1 is 0.462 bits per heavy atom. The Balaban J connectivity index is 5.02. The molecule has 0 saturated heterocycles. The molecule has 0 rings (SSSR count). The monoisotopic (exact) mass is 246 g/mol. The molecule has 0 nitrogen and oxygen atoms in total. The molecule has 0 amide bonds. The predicted molar refractivity (Wildman–Crippen MR) is 64.9 cm³/mol. The minimum atomic E-state index is -0.875. The zero-order valence-corrected chi connectivity index (χ0v) is 12.8. The predicted octanol–water partition coefficient (Wildman–Crippen LogP) is 4.88. The molecular weight excluding hydrogens is 219 g/mol. The molecule has 0 N–H and O–H groups in total. The van der Waals surface area contributed by atoms with Crippen molar-refractivity contribution >= 4 is 14.7 Å². The van der Waals surface area contributed by atoms with Gasteiger partial charge in [-0.3, -0.25) is 0 Å². The molecule has 0 unspecified atom stereocenters. The van der Waals surface area contributed by atoms with Crippen molar-refractivity contribution in [3.8, 4) is 0 Å². The van der Waals surface area contributed by atoms with Crippen LogP contribution in [0.25, 0.3) is 0 Å². The van der Waals surface area contributed by atoms with Crippen LogP contribution >= 0.6 is 0 Å². The second kappa shape index (κ2) is 3.61. The van der Waals surface area contributed by atoms with Gasteiger partial charge in [-0.1, -0.05) is 0 Å². The molecule has 1 heteroatoms. The third-order valence-electron chi connectivity index (χ3n) is 2.01. The first kappa shape index (κ1) is 13.6. The Bertz CT molecular complexity index is 128. The summed E-state index contributed by atoms with van der Waals surface area (Å²) in [5.41, 5.74) is 0. The summed E-state index contributed by atoms with van der Waals surface area (Å²) in [6, 6.07) is 0. The molecular formula is C12H27As. The van der Waals surface area contributed by atoms with E-state index in [1.165, 1.54) is 0 Å². The van der Waals surface area contributed by atoms with Crippen LogP contribution in [0, 0.1) is 0 Å². The summed E-state index contributed by atoms with van der Waals surface area (Å²) in [6.07, 6.45) is 0. The molecule has 0 aliphatic rings. The topological polar surface area (TPSA) is 0 Å². The van der Waals surface area contributed by atoms with Gasteiger partial charge in [0.15, 0.2) is 0 Å². The van der Waals surface area contributed by atoms with E-state index in [2.05, 4.69) is 62.3 Å². The minimum absolute atomic E-state index is 0.531. The summed E-state index contributed by atoms with van der Waals surface area (Å²) in [4.78, 5) is 0. The van der Waals surface area contributed by atoms with Crippen molar-refractivity contribution in [1.29, 1.82) is 0 Å². The van der Waals surface area contributed by atoms with Crippen LogP contribution in [0.1, 0.15) is 62.3 Å². The molecule has 0 fully saturated rings. The third kappa shape index (κ3) is 4.06. The van der Waals surface area contributed by atoms with E-state index in [1.807, 2.05) is 0 Å². The maximum absolute atomic E-state index is 2.42. The van der Waals surface area contributed by atoms with Gasteiger partial charge in [-0.05, 0) is 0 Å². The van der Waals surface area contributed by atoms with Gasteiger partial charge in [0, 0.05) is 0 Å². The van der Waals surface area contributed by atoms with Crippen LogP contribution in [0.5, 0.6) is 0 Å². The van der Waals surface area contributed by atoms with Crippen LogP contribution in [-0.2, 0) is 0 Å². The Hall–Kier alpha value is 0.558. The van der Waals surface area contributed by atoms with E-state index in [0.717, 1.165) is 0 Å². The van der Waals surface area contributed by atoms with Gasteiger partial charge in [-0.25, -0.2) is 0 Å². The van der Waals surface area contributed by atoms with Crippen molar-refractivity contribution < 1.29 is 0 Å². The molecule has 80 valence electrons. The van der Waals surface area contributed by atoms with Crippen molar-refractivity contribution in [3.05, 3.63) is 0 Å². The summed E-state index contributed by atoms with van der Waals surface area (Å²) in [5.74, 6) is 0. The van der Waals surface area contributed by atoms with E-state index in [9.17, 15) is 0 Å². The number of hydrogen-bond acceptors (Lipinski definition) is 0. The maximum atomic E-state index is 2.42. The molecule has 0 spiro atoms. The Morgan fingerprint density at radius 3 is 0.615 bits per heavy atom. The molecule has 0 heterocycles. The second-order valence-corrected chi connectivity index (χ2v) is 16.7. The Morgan fingerprint density at radius 2 is 0.615 bits per heavy atom. The number of rotatable bonds is 0. The van der Waals surface area contributed by atoms with Crippen LogP contribution in [0.3, 0.4) is 0 Å². The standard InChI is InChI=1S/C12H27As/c1-10(2,3)13(11(4,5)6)12(7,8)9/h1-9H3. The average Bonchev–Trinajstić information content (AvgIpc) is 1.44. The van der Waals surface area contributed by atoms with Crippen molar-refractivity contribution in [2.24, 2.45) is 0 Å². The van der Waals surface area contributed by atoms with E-state index in [0.29, 0.717) is 12.6 Å². The van der Waals surface area contributed by atoms with Crippen molar-refractivity contribution in [2.45, 2.75) is 74.9 Å². The van der Waals surface area contributed by atoms with Crippen molar-refractivity contribution in [2.75, 3.05) is 0 Å². The summed E-state index contributed by atoms with van der Waals surface area (Å²) >= 11 is -0.875. The molecule has 13 heavy (non-hydrogen) atoms. The van der Waals surface area contributed by atoms with Gasteiger partial charge in [0.2, 0.25) is 0 Å². The summed E-state index contributed by atoms with van der Waals surface area (Å²) in [7, 11) is 0. The van der Waals surface area contributed by atoms with Gasteiger partial charge in [0.05, 0.1) is 0 Å². The molecule has 0 aromatic heterocycles. The van der Waals surface area contributed by atoms with Gasteiger partial charge in [0.25, 0.3) is 0 Å². The van der Waals surface area contributed by atoms with Crippen LogP contribution in [0.4, 0.5) is 0 Å². The zero-order chi connectivity index (χ0) is 11.1. The molecule has 0 aromatic rings. The van der Waals surface area contributed by atoms with E-state index in [1.54, 1.807) is 0 Å². The molecule has 0 atom stereocenters. The fourth-order valence-electron chi connectivity index (χ4n) is 3.02. The molecule has 0 saturated carbocycles. The van der Waals surface area contributed by atoms with Gasteiger partial charge in [-0.15, -0.1) is 0 Å². The van der Waals surface area contributed by atoms with E-state index < -0.39 is 14.7 Å². The normalized spacial score (nSPS) is 15.2. The van der Waals surface area contributed by atoms with Gasteiger partial charge in [-0.2, -0.15) is 0 Å². The second-order valence-electron chi connectivity index (χ2n) is 6.85. The molecule has 0 aliphatic heterocycles. The van der Waals surface area contributed by atoms with Gasteiger partial charge < -0.3 is 0 Å². The zero-order valence-electron chi connectivity index (χ0n) is 10.9. The number of hydrogen-bond donors (Lipinski definition) is 0. The van der Waals surface area contributed by atoms with Gasteiger partial charge >= 0.3 is 89.6 Å². The summed E-state index contributed by atoms with van der Waals surface area (Å²) in [5, 5.41) is 0. The van der Waals surface area contributed by atoms with E-state index >= 15 is 0 Å². The summed E-state index contributed by atoms with van der Waals surface area (Å²) < 4.78 is 1.59. The Labute approximate surface area is 89.8 Å². The average molecular weight is 246 g/mol.